The normalized spacial score (nSPS) is 24.3. The number of hydrogen-bond donors (Lipinski definition) is 3. The zero-order valence-corrected chi connectivity index (χ0v) is 20.4. The number of ether oxygens (including phenoxy) is 3. The highest BCUT2D eigenvalue weighted by molar-refractivity contribution is 7.92. The van der Waals surface area contributed by atoms with Crippen molar-refractivity contribution in [3.8, 4) is 5.75 Å². The van der Waals surface area contributed by atoms with Crippen molar-refractivity contribution in [3.63, 3.8) is 0 Å². The van der Waals surface area contributed by atoms with E-state index in [1.165, 1.54) is 25.3 Å². The van der Waals surface area contributed by atoms with Gasteiger partial charge in [0.25, 0.3) is 10.0 Å². The molecule has 2 heterocycles. The molecule has 188 valence electrons. The van der Waals surface area contributed by atoms with Crippen LogP contribution in [-0.4, -0.2) is 55.9 Å². The van der Waals surface area contributed by atoms with Gasteiger partial charge in [-0.25, -0.2) is 13.2 Å². The van der Waals surface area contributed by atoms with Crippen molar-refractivity contribution in [2.75, 3.05) is 11.8 Å². The van der Waals surface area contributed by atoms with Gasteiger partial charge in [-0.1, -0.05) is 18.2 Å². The number of rotatable bonds is 6. The summed E-state index contributed by atoms with van der Waals surface area (Å²) in [5.74, 6) is 0.251. The van der Waals surface area contributed by atoms with E-state index in [9.17, 15) is 23.4 Å². The number of aryl methyl sites for hydroxylation is 1. The molecule has 0 saturated carbocycles. The average Bonchev–Trinajstić information content (AvgIpc) is 2.80. The Bertz CT molecular complexity index is 1390. The second kappa shape index (κ2) is 9.25. The van der Waals surface area contributed by atoms with Crippen LogP contribution in [-0.2, 0) is 19.5 Å². The molecular formula is C24H27NO9S. The van der Waals surface area contributed by atoms with Crippen LogP contribution < -0.4 is 15.1 Å². The molecule has 1 aromatic heterocycles. The lowest BCUT2D eigenvalue weighted by Gasteiger charge is -2.46. The summed E-state index contributed by atoms with van der Waals surface area (Å²) in [6.07, 6.45) is -4.64. The fourth-order valence-electron chi connectivity index (χ4n) is 4.14. The summed E-state index contributed by atoms with van der Waals surface area (Å²) >= 11 is 0. The number of fused-ring (bicyclic) bond motifs is 1. The van der Waals surface area contributed by atoms with Crippen LogP contribution in [0.4, 0.5) is 5.69 Å². The summed E-state index contributed by atoms with van der Waals surface area (Å²) in [4.78, 5) is 12.6. The van der Waals surface area contributed by atoms with Crippen LogP contribution in [0.5, 0.6) is 5.75 Å². The number of sulfonamides is 1. The van der Waals surface area contributed by atoms with Gasteiger partial charge < -0.3 is 28.8 Å². The molecule has 0 amide bonds. The summed E-state index contributed by atoms with van der Waals surface area (Å²) in [7, 11) is -2.57. The van der Waals surface area contributed by atoms with Crippen molar-refractivity contribution in [3.05, 3.63) is 64.5 Å². The first-order valence-corrected chi connectivity index (χ1v) is 12.3. The maximum absolute atomic E-state index is 12.6. The van der Waals surface area contributed by atoms with Gasteiger partial charge >= 0.3 is 5.63 Å². The lowest BCUT2D eigenvalue weighted by atomic mass is 9.89. The Labute approximate surface area is 202 Å². The maximum atomic E-state index is 12.6. The Balaban J connectivity index is 1.63. The lowest BCUT2D eigenvalue weighted by Crippen LogP contribution is -2.63. The number of hydrogen-bond acceptors (Lipinski definition) is 9. The minimum atomic E-state index is -3.98. The van der Waals surface area contributed by atoms with Crippen LogP contribution in [0.25, 0.3) is 11.0 Å². The van der Waals surface area contributed by atoms with Gasteiger partial charge in [0.1, 0.15) is 35.3 Å². The number of aliphatic hydroxyl groups excluding tert-OH is 2. The first kappa shape index (κ1) is 25.1. The molecule has 1 fully saturated rings. The molecule has 1 aliphatic rings. The fourth-order valence-corrected chi connectivity index (χ4v) is 5.20. The Kier molecular flexibility index (Phi) is 6.64. The Morgan fingerprint density at radius 1 is 1.06 bits per heavy atom. The van der Waals surface area contributed by atoms with Gasteiger partial charge in [0.05, 0.1) is 10.5 Å². The molecule has 10 nitrogen and oxygen atoms in total. The van der Waals surface area contributed by atoms with E-state index in [-0.39, 0.29) is 21.9 Å². The molecule has 0 bridgehead atoms. The van der Waals surface area contributed by atoms with Gasteiger partial charge in [-0.05, 0) is 51.1 Å². The molecule has 1 aliphatic heterocycles. The Morgan fingerprint density at radius 3 is 2.40 bits per heavy atom. The number of benzene rings is 2. The van der Waals surface area contributed by atoms with Crippen LogP contribution in [0, 0.1) is 6.92 Å². The van der Waals surface area contributed by atoms with E-state index in [0.29, 0.717) is 10.9 Å². The molecule has 3 aromatic rings. The summed E-state index contributed by atoms with van der Waals surface area (Å²) < 4.78 is 49.9. The van der Waals surface area contributed by atoms with Crippen molar-refractivity contribution in [1.29, 1.82) is 0 Å². The third-order valence-electron chi connectivity index (χ3n) is 5.94. The molecule has 0 radical (unpaired) electrons. The molecule has 0 unspecified atom stereocenters. The molecule has 35 heavy (non-hydrogen) atoms. The fraction of sp³-hybridized carbons (Fsp3) is 0.375. The minimum absolute atomic E-state index is 0.00582. The summed E-state index contributed by atoms with van der Waals surface area (Å²) in [6.45, 7) is 5.05. The van der Waals surface area contributed by atoms with E-state index in [0.717, 1.165) is 0 Å². The molecule has 3 N–H and O–H groups in total. The summed E-state index contributed by atoms with van der Waals surface area (Å²) in [5.41, 5.74) is -1.48. The third-order valence-corrected chi connectivity index (χ3v) is 7.32. The van der Waals surface area contributed by atoms with Crippen molar-refractivity contribution in [2.24, 2.45) is 0 Å². The van der Waals surface area contributed by atoms with Gasteiger partial charge in [0.2, 0.25) is 6.29 Å². The topological polar surface area (TPSA) is 145 Å². The summed E-state index contributed by atoms with van der Waals surface area (Å²) in [6, 6.07) is 12.2. The van der Waals surface area contributed by atoms with E-state index in [2.05, 4.69) is 4.72 Å². The summed E-state index contributed by atoms with van der Waals surface area (Å²) in [5, 5.41) is 21.4. The SMILES string of the molecule is CO[C@@H]1[C@@H](O)[C@H](O)[C@H](Oc2ccc3cc(NS(=O)(=O)c4ccccc4)c(=O)oc3c2C)OC1(C)C. The van der Waals surface area contributed by atoms with Crippen molar-refractivity contribution in [2.45, 2.75) is 55.9 Å². The first-order chi connectivity index (χ1) is 16.4. The van der Waals surface area contributed by atoms with Crippen molar-refractivity contribution >= 4 is 26.7 Å². The van der Waals surface area contributed by atoms with Gasteiger partial charge in [0.15, 0.2) is 0 Å². The van der Waals surface area contributed by atoms with Crippen molar-refractivity contribution in [1.82, 2.24) is 0 Å². The monoisotopic (exact) mass is 505 g/mol. The van der Waals surface area contributed by atoms with E-state index in [1.54, 1.807) is 51.1 Å². The number of anilines is 1. The quantitative estimate of drug-likeness (QED) is 0.429. The molecule has 0 aliphatic carbocycles. The number of aliphatic hydroxyl groups is 2. The standard InChI is InChI=1S/C24H27NO9S/c1-13-17(32-23-19(27)18(26)21(31-4)24(2,3)34-23)11-10-14-12-16(22(28)33-20(13)14)25-35(29,30)15-8-6-5-7-9-15/h5-12,18-19,21,23,25-27H,1-4H3/t18-,19-,21+,23+/m0/s1. The maximum Gasteiger partial charge on any atom is 0.360 e. The van der Waals surface area contributed by atoms with Gasteiger partial charge in [0, 0.05) is 18.1 Å². The molecule has 4 rings (SSSR count). The zero-order chi connectivity index (χ0) is 25.5. The second-order valence-electron chi connectivity index (χ2n) is 8.82. The van der Waals surface area contributed by atoms with E-state index >= 15 is 0 Å². The third kappa shape index (κ3) is 4.78. The van der Waals surface area contributed by atoms with Crippen LogP contribution in [0.3, 0.4) is 0 Å². The highest BCUT2D eigenvalue weighted by Crippen LogP contribution is 2.35. The van der Waals surface area contributed by atoms with E-state index < -0.39 is 45.9 Å². The smallest absolute Gasteiger partial charge is 0.360 e. The average molecular weight is 506 g/mol. The predicted octanol–water partition coefficient (Wildman–Crippen LogP) is 2.15. The highest BCUT2D eigenvalue weighted by atomic mass is 32.2. The van der Waals surface area contributed by atoms with Gasteiger partial charge in [-0.2, -0.15) is 0 Å². The number of nitrogens with one attached hydrogen (secondary N) is 1. The van der Waals surface area contributed by atoms with Crippen LogP contribution in [0.1, 0.15) is 19.4 Å². The molecule has 2 aromatic carbocycles. The zero-order valence-electron chi connectivity index (χ0n) is 19.6. The van der Waals surface area contributed by atoms with E-state index in [1.807, 2.05) is 0 Å². The van der Waals surface area contributed by atoms with Crippen LogP contribution in [0.2, 0.25) is 0 Å². The van der Waals surface area contributed by atoms with Gasteiger partial charge in [-0.3, -0.25) is 4.72 Å². The van der Waals surface area contributed by atoms with Crippen LogP contribution >= 0.6 is 0 Å². The molecule has 0 spiro atoms. The van der Waals surface area contributed by atoms with E-state index in [4.69, 9.17) is 18.6 Å². The predicted molar refractivity (Wildman–Crippen MR) is 127 cm³/mol. The molecule has 1 saturated heterocycles. The van der Waals surface area contributed by atoms with Crippen LogP contribution in [0.15, 0.2) is 62.6 Å². The lowest BCUT2D eigenvalue weighted by molar-refractivity contribution is -0.306. The first-order valence-electron chi connectivity index (χ1n) is 10.8. The molecule has 4 atom stereocenters. The minimum Gasteiger partial charge on any atom is -0.462 e. The number of methoxy groups -OCH3 is 1. The highest BCUT2D eigenvalue weighted by Gasteiger charge is 2.50. The molecule has 11 heteroatoms. The molecular weight excluding hydrogens is 478 g/mol. The van der Waals surface area contributed by atoms with Gasteiger partial charge in [-0.15, -0.1) is 0 Å². The Morgan fingerprint density at radius 2 is 1.74 bits per heavy atom. The Hall–Kier alpha value is -2.96. The van der Waals surface area contributed by atoms with Crippen molar-refractivity contribution < 1.29 is 37.3 Å². The second-order valence-corrected chi connectivity index (χ2v) is 10.5. The largest absolute Gasteiger partial charge is 0.462 e.